The molecule has 0 fully saturated rings. The minimum Gasteiger partial charge on any atom is -0.497 e. The van der Waals surface area contributed by atoms with Crippen molar-refractivity contribution in [2.24, 2.45) is 0 Å². The van der Waals surface area contributed by atoms with E-state index >= 15 is 0 Å². The average Bonchev–Trinajstić information content (AvgIpc) is 3.02. The summed E-state index contributed by atoms with van der Waals surface area (Å²) in [5, 5.41) is 2.93. The molecule has 1 aromatic heterocycles. The van der Waals surface area contributed by atoms with Gasteiger partial charge in [-0.15, -0.1) is 0 Å². The molecule has 0 aliphatic heterocycles. The van der Waals surface area contributed by atoms with E-state index in [1.165, 1.54) is 0 Å². The number of aryl methyl sites for hydroxylation is 1. The van der Waals surface area contributed by atoms with Crippen LogP contribution in [0.15, 0.2) is 34.9 Å². The molecule has 0 aliphatic rings. The number of hydrogen-bond acceptors (Lipinski definition) is 4. The van der Waals surface area contributed by atoms with Crippen molar-refractivity contribution in [3.8, 4) is 17.1 Å². The molecular formula is C17H22N2O3. The van der Waals surface area contributed by atoms with Crippen LogP contribution in [0.3, 0.4) is 0 Å². The first-order valence-electron chi connectivity index (χ1n) is 7.51. The van der Waals surface area contributed by atoms with Gasteiger partial charge in [0.05, 0.1) is 13.3 Å². The first-order chi connectivity index (χ1) is 10.6. The van der Waals surface area contributed by atoms with Gasteiger partial charge in [0.25, 0.3) is 0 Å². The fraction of sp³-hybridized carbons (Fsp3) is 0.412. The molecule has 118 valence electrons. The van der Waals surface area contributed by atoms with Gasteiger partial charge in [-0.05, 0) is 37.6 Å². The molecule has 1 aromatic carbocycles. The number of benzene rings is 1. The second-order valence-electron chi connectivity index (χ2n) is 5.22. The Morgan fingerprint density at radius 2 is 2.09 bits per heavy atom. The van der Waals surface area contributed by atoms with E-state index in [4.69, 9.17) is 9.15 Å². The molecule has 0 saturated heterocycles. The molecule has 5 heteroatoms. The van der Waals surface area contributed by atoms with Gasteiger partial charge in [-0.1, -0.05) is 6.92 Å². The Labute approximate surface area is 130 Å². The van der Waals surface area contributed by atoms with E-state index in [2.05, 4.69) is 10.3 Å². The van der Waals surface area contributed by atoms with E-state index in [9.17, 15) is 4.79 Å². The number of hydrogen-bond donors (Lipinski definition) is 1. The van der Waals surface area contributed by atoms with Gasteiger partial charge in [0, 0.05) is 24.4 Å². The fourth-order valence-corrected chi connectivity index (χ4v) is 1.98. The van der Waals surface area contributed by atoms with Crippen LogP contribution >= 0.6 is 0 Å². The zero-order valence-electron chi connectivity index (χ0n) is 13.3. The monoisotopic (exact) mass is 302 g/mol. The highest BCUT2D eigenvalue weighted by Crippen LogP contribution is 2.23. The normalized spacial score (nSPS) is 12.0. The third-order valence-corrected chi connectivity index (χ3v) is 3.51. The Kier molecular flexibility index (Phi) is 5.58. The summed E-state index contributed by atoms with van der Waals surface area (Å²) in [5.74, 6) is 2.09. The van der Waals surface area contributed by atoms with Crippen LogP contribution in [0.5, 0.6) is 5.75 Å². The number of rotatable bonds is 7. The first-order valence-corrected chi connectivity index (χ1v) is 7.51. The number of aromatic nitrogens is 1. The highest BCUT2D eigenvalue weighted by Gasteiger charge is 2.10. The highest BCUT2D eigenvalue weighted by atomic mass is 16.5. The van der Waals surface area contributed by atoms with Gasteiger partial charge in [-0.2, -0.15) is 0 Å². The lowest BCUT2D eigenvalue weighted by molar-refractivity contribution is -0.121. The molecule has 1 heterocycles. The summed E-state index contributed by atoms with van der Waals surface area (Å²) in [6.07, 6.45) is 3.49. The molecule has 0 saturated carbocycles. The quantitative estimate of drug-likeness (QED) is 0.853. The minimum atomic E-state index is 0.0264. The van der Waals surface area contributed by atoms with Crippen LogP contribution in [0, 0.1) is 0 Å². The van der Waals surface area contributed by atoms with Crippen molar-refractivity contribution in [2.45, 2.75) is 39.2 Å². The Balaban J connectivity index is 1.92. The lowest BCUT2D eigenvalue weighted by atomic mass is 10.2. The molecule has 1 N–H and O–H groups in total. The van der Waals surface area contributed by atoms with Crippen LogP contribution in [-0.4, -0.2) is 24.0 Å². The van der Waals surface area contributed by atoms with Crippen molar-refractivity contribution in [1.29, 1.82) is 0 Å². The maximum absolute atomic E-state index is 11.7. The van der Waals surface area contributed by atoms with Crippen molar-refractivity contribution < 1.29 is 13.9 Å². The molecule has 1 atom stereocenters. The largest absolute Gasteiger partial charge is 0.497 e. The standard InChI is InChI=1S/C17H22N2O3/c1-4-12(2)19-16(20)9-10-17-18-11-15(22-17)13-5-7-14(21-3)8-6-13/h5-8,11-12H,4,9-10H2,1-3H3,(H,19,20)/t12-/m1/s1. The molecule has 2 rings (SSSR count). The van der Waals surface area contributed by atoms with Gasteiger partial charge >= 0.3 is 0 Å². The van der Waals surface area contributed by atoms with Gasteiger partial charge in [0.15, 0.2) is 11.7 Å². The number of amides is 1. The summed E-state index contributed by atoms with van der Waals surface area (Å²) in [6, 6.07) is 7.78. The summed E-state index contributed by atoms with van der Waals surface area (Å²) in [7, 11) is 1.63. The summed E-state index contributed by atoms with van der Waals surface area (Å²) in [5.41, 5.74) is 0.934. The van der Waals surface area contributed by atoms with Gasteiger partial charge in [0.1, 0.15) is 5.75 Å². The van der Waals surface area contributed by atoms with E-state index in [1.54, 1.807) is 13.3 Å². The molecule has 0 spiro atoms. The third kappa shape index (κ3) is 4.35. The summed E-state index contributed by atoms with van der Waals surface area (Å²) >= 11 is 0. The summed E-state index contributed by atoms with van der Waals surface area (Å²) in [6.45, 7) is 4.03. The van der Waals surface area contributed by atoms with Crippen LogP contribution < -0.4 is 10.1 Å². The maximum atomic E-state index is 11.7. The molecular weight excluding hydrogens is 280 g/mol. The smallest absolute Gasteiger partial charge is 0.220 e. The predicted molar refractivity (Wildman–Crippen MR) is 84.7 cm³/mol. The molecule has 0 bridgehead atoms. The Hall–Kier alpha value is -2.30. The van der Waals surface area contributed by atoms with Gasteiger partial charge in [-0.25, -0.2) is 4.98 Å². The van der Waals surface area contributed by atoms with Crippen molar-refractivity contribution in [3.63, 3.8) is 0 Å². The van der Waals surface area contributed by atoms with Crippen LogP contribution in [-0.2, 0) is 11.2 Å². The van der Waals surface area contributed by atoms with Crippen molar-refractivity contribution in [2.75, 3.05) is 7.11 Å². The van der Waals surface area contributed by atoms with E-state index < -0.39 is 0 Å². The zero-order valence-corrected chi connectivity index (χ0v) is 13.3. The molecule has 22 heavy (non-hydrogen) atoms. The number of carbonyl (C=O) groups excluding carboxylic acids is 1. The van der Waals surface area contributed by atoms with Crippen LogP contribution in [0.25, 0.3) is 11.3 Å². The van der Waals surface area contributed by atoms with Crippen molar-refractivity contribution >= 4 is 5.91 Å². The van der Waals surface area contributed by atoms with E-state index in [1.807, 2.05) is 38.1 Å². The molecule has 1 amide bonds. The number of oxazole rings is 1. The number of nitrogens with one attached hydrogen (secondary N) is 1. The molecule has 2 aromatic rings. The Bertz CT molecular complexity index is 605. The van der Waals surface area contributed by atoms with Gasteiger partial charge in [0.2, 0.25) is 5.91 Å². The number of methoxy groups -OCH3 is 1. The van der Waals surface area contributed by atoms with E-state index in [0.29, 0.717) is 24.5 Å². The topological polar surface area (TPSA) is 64.4 Å². The second kappa shape index (κ2) is 7.64. The summed E-state index contributed by atoms with van der Waals surface area (Å²) in [4.78, 5) is 16.0. The third-order valence-electron chi connectivity index (χ3n) is 3.51. The van der Waals surface area contributed by atoms with E-state index in [-0.39, 0.29) is 11.9 Å². The second-order valence-corrected chi connectivity index (χ2v) is 5.22. The molecule has 0 radical (unpaired) electrons. The Morgan fingerprint density at radius 1 is 1.36 bits per heavy atom. The predicted octanol–water partition coefficient (Wildman–Crippen LogP) is 3.20. The van der Waals surface area contributed by atoms with Crippen LogP contribution in [0.1, 0.15) is 32.6 Å². The lowest BCUT2D eigenvalue weighted by Crippen LogP contribution is -2.32. The zero-order chi connectivity index (χ0) is 15.9. The van der Waals surface area contributed by atoms with Gasteiger partial charge < -0.3 is 14.5 Å². The minimum absolute atomic E-state index is 0.0264. The van der Waals surface area contributed by atoms with Crippen LogP contribution in [0.2, 0.25) is 0 Å². The van der Waals surface area contributed by atoms with Crippen molar-refractivity contribution in [3.05, 3.63) is 36.4 Å². The molecule has 0 aliphatic carbocycles. The van der Waals surface area contributed by atoms with E-state index in [0.717, 1.165) is 17.7 Å². The lowest BCUT2D eigenvalue weighted by Gasteiger charge is -2.10. The number of ether oxygens (including phenoxy) is 1. The summed E-state index contributed by atoms with van der Waals surface area (Å²) < 4.78 is 10.8. The number of nitrogens with zero attached hydrogens (tertiary/aromatic N) is 1. The van der Waals surface area contributed by atoms with Crippen LogP contribution in [0.4, 0.5) is 0 Å². The SMILES string of the molecule is CC[C@@H](C)NC(=O)CCc1ncc(-c2ccc(OC)cc2)o1. The molecule has 5 nitrogen and oxygen atoms in total. The molecule has 0 unspecified atom stereocenters. The number of carbonyl (C=O) groups is 1. The highest BCUT2D eigenvalue weighted by molar-refractivity contribution is 5.76. The van der Waals surface area contributed by atoms with Gasteiger partial charge in [-0.3, -0.25) is 4.79 Å². The van der Waals surface area contributed by atoms with Crippen molar-refractivity contribution in [1.82, 2.24) is 10.3 Å². The fourth-order valence-electron chi connectivity index (χ4n) is 1.98. The first kappa shape index (κ1) is 16.1. The Morgan fingerprint density at radius 3 is 2.73 bits per heavy atom. The average molecular weight is 302 g/mol. The maximum Gasteiger partial charge on any atom is 0.220 e.